The second-order valence-corrected chi connectivity index (χ2v) is 5.73. The molecule has 2 atom stereocenters. The van der Waals surface area contributed by atoms with Crippen LogP contribution in [0.5, 0.6) is 0 Å². The van der Waals surface area contributed by atoms with Gasteiger partial charge in [0.15, 0.2) is 0 Å². The molecule has 0 aliphatic heterocycles. The highest BCUT2D eigenvalue weighted by Crippen LogP contribution is 2.29. The molecule has 0 aliphatic rings. The highest BCUT2D eigenvalue weighted by atomic mass is 16.3. The smallest absolute Gasteiger partial charge is 0.134 e. The zero-order chi connectivity index (χ0) is 14.0. The van der Waals surface area contributed by atoms with E-state index < -0.39 is 0 Å². The second-order valence-electron chi connectivity index (χ2n) is 5.73. The molecule has 2 rings (SSSR count). The van der Waals surface area contributed by atoms with E-state index in [0.717, 1.165) is 17.8 Å². The van der Waals surface area contributed by atoms with Crippen LogP contribution in [0, 0.1) is 12.8 Å². The fourth-order valence-electron chi connectivity index (χ4n) is 2.78. The summed E-state index contributed by atoms with van der Waals surface area (Å²) in [7, 11) is 0. The SMILES string of the molecule is CCC(NC(C)c1oc2ccccc2c1C)C(C)C. The van der Waals surface area contributed by atoms with Gasteiger partial charge in [0.05, 0.1) is 6.04 Å². The number of aryl methyl sites for hydroxylation is 1. The molecule has 0 aliphatic carbocycles. The molecule has 1 aromatic carbocycles. The summed E-state index contributed by atoms with van der Waals surface area (Å²) < 4.78 is 6.02. The molecule has 104 valence electrons. The zero-order valence-corrected chi connectivity index (χ0v) is 12.7. The molecule has 0 bridgehead atoms. The number of para-hydroxylation sites is 1. The predicted molar refractivity (Wildman–Crippen MR) is 81.4 cm³/mol. The third kappa shape index (κ3) is 2.84. The summed E-state index contributed by atoms with van der Waals surface area (Å²) in [5.74, 6) is 1.71. The third-order valence-electron chi connectivity index (χ3n) is 3.98. The minimum atomic E-state index is 0.250. The largest absolute Gasteiger partial charge is 0.459 e. The molecule has 2 heteroatoms. The number of hydrogen-bond acceptors (Lipinski definition) is 2. The van der Waals surface area contributed by atoms with E-state index in [1.54, 1.807) is 0 Å². The van der Waals surface area contributed by atoms with Crippen molar-refractivity contribution in [2.45, 2.75) is 53.1 Å². The van der Waals surface area contributed by atoms with Crippen LogP contribution in [0.2, 0.25) is 0 Å². The van der Waals surface area contributed by atoms with E-state index in [1.165, 1.54) is 10.9 Å². The Hall–Kier alpha value is -1.28. The molecule has 0 amide bonds. The van der Waals surface area contributed by atoms with Crippen molar-refractivity contribution in [3.63, 3.8) is 0 Å². The number of hydrogen-bond donors (Lipinski definition) is 1. The Morgan fingerprint density at radius 1 is 1.16 bits per heavy atom. The van der Waals surface area contributed by atoms with Crippen LogP contribution in [0.4, 0.5) is 0 Å². The minimum absolute atomic E-state index is 0.250. The number of nitrogens with one attached hydrogen (secondary N) is 1. The summed E-state index contributed by atoms with van der Waals surface area (Å²) in [6, 6.07) is 9.04. The first-order chi connectivity index (χ1) is 9.04. The van der Waals surface area contributed by atoms with Crippen LogP contribution in [0.1, 0.15) is 51.5 Å². The fourth-order valence-corrected chi connectivity index (χ4v) is 2.78. The molecular formula is C17H25NO. The van der Waals surface area contributed by atoms with Crippen molar-refractivity contribution in [2.75, 3.05) is 0 Å². The lowest BCUT2D eigenvalue weighted by atomic mass is 10.00. The van der Waals surface area contributed by atoms with E-state index in [-0.39, 0.29) is 6.04 Å². The molecule has 19 heavy (non-hydrogen) atoms. The first kappa shape index (κ1) is 14.1. The fraction of sp³-hybridized carbons (Fsp3) is 0.529. The van der Waals surface area contributed by atoms with E-state index >= 15 is 0 Å². The van der Waals surface area contributed by atoms with Crippen LogP contribution in [0.25, 0.3) is 11.0 Å². The Labute approximate surface area is 116 Å². The average molecular weight is 259 g/mol. The molecule has 2 nitrogen and oxygen atoms in total. The van der Waals surface area contributed by atoms with Crippen molar-refractivity contribution in [2.24, 2.45) is 5.92 Å². The van der Waals surface area contributed by atoms with Gasteiger partial charge in [-0.2, -0.15) is 0 Å². The number of rotatable bonds is 5. The predicted octanol–water partition coefficient (Wildman–Crippen LogP) is 4.83. The van der Waals surface area contributed by atoms with Crippen molar-refractivity contribution in [1.82, 2.24) is 5.32 Å². The van der Waals surface area contributed by atoms with Gasteiger partial charge in [-0.15, -0.1) is 0 Å². The van der Waals surface area contributed by atoms with Gasteiger partial charge in [-0.3, -0.25) is 0 Å². The summed E-state index contributed by atoms with van der Waals surface area (Å²) in [5, 5.41) is 4.92. The van der Waals surface area contributed by atoms with E-state index in [0.29, 0.717) is 12.0 Å². The lowest BCUT2D eigenvalue weighted by Gasteiger charge is -2.24. The number of fused-ring (bicyclic) bond motifs is 1. The Kier molecular flexibility index (Phi) is 4.31. The van der Waals surface area contributed by atoms with Crippen LogP contribution in [-0.2, 0) is 0 Å². The van der Waals surface area contributed by atoms with Crippen molar-refractivity contribution in [3.8, 4) is 0 Å². The van der Waals surface area contributed by atoms with Crippen LogP contribution in [0.15, 0.2) is 28.7 Å². The summed E-state index contributed by atoms with van der Waals surface area (Å²) in [4.78, 5) is 0. The Morgan fingerprint density at radius 2 is 1.84 bits per heavy atom. The summed E-state index contributed by atoms with van der Waals surface area (Å²) in [5.41, 5.74) is 2.25. The molecule has 0 saturated carbocycles. The number of furan rings is 1. The maximum atomic E-state index is 6.02. The maximum Gasteiger partial charge on any atom is 0.134 e. The molecule has 0 radical (unpaired) electrons. The Bertz CT molecular complexity index is 541. The lowest BCUT2D eigenvalue weighted by molar-refractivity contribution is 0.331. The molecule has 0 saturated heterocycles. The highest BCUT2D eigenvalue weighted by molar-refractivity contribution is 5.82. The van der Waals surface area contributed by atoms with Crippen LogP contribution in [-0.4, -0.2) is 6.04 Å². The summed E-state index contributed by atoms with van der Waals surface area (Å²) in [6.45, 7) is 11.1. The maximum absolute atomic E-state index is 6.02. The second kappa shape index (κ2) is 5.79. The van der Waals surface area contributed by atoms with Gasteiger partial charge in [-0.25, -0.2) is 0 Å². The van der Waals surface area contributed by atoms with Gasteiger partial charge in [0, 0.05) is 11.4 Å². The summed E-state index contributed by atoms with van der Waals surface area (Å²) >= 11 is 0. The lowest BCUT2D eigenvalue weighted by Crippen LogP contribution is -2.35. The van der Waals surface area contributed by atoms with Gasteiger partial charge in [0.1, 0.15) is 11.3 Å². The van der Waals surface area contributed by atoms with E-state index in [2.05, 4.69) is 52.1 Å². The van der Waals surface area contributed by atoms with Crippen LogP contribution < -0.4 is 5.32 Å². The van der Waals surface area contributed by atoms with Crippen molar-refractivity contribution < 1.29 is 4.42 Å². The standard InChI is InChI=1S/C17H25NO/c1-6-15(11(2)3)18-13(5)17-12(4)14-9-7-8-10-16(14)19-17/h7-11,13,15,18H,6H2,1-5H3. The molecular weight excluding hydrogens is 234 g/mol. The third-order valence-corrected chi connectivity index (χ3v) is 3.98. The van der Waals surface area contributed by atoms with Gasteiger partial charge in [0.2, 0.25) is 0 Å². The zero-order valence-electron chi connectivity index (χ0n) is 12.7. The van der Waals surface area contributed by atoms with E-state index in [9.17, 15) is 0 Å². The van der Waals surface area contributed by atoms with Crippen molar-refractivity contribution >= 4 is 11.0 Å². The first-order valence-electron chi connectivity index (χ1n) is 7.28. The minimum Gasteiger partial charge on any atom is -0.459 e. The normalized spacial score (nSPS) is 15.1. The van der Waals surface area contributed by atoms with Gasteiger partial charge in [0.25, 0.3) is 0 Å². The van der Waals surface area contributed by atoms with Crippen molar-refractivity contribution in [1.29, 1.82) is 0 Å². The van der Waals surface area contributed by atoms with Gasteiger partial charge in [-0.1, -0.05) is 39.0 Å². The number of benzene rings is 1. The molecule has 0 spiro atoms. The van der Waals surface area contributed by atoms with Crippen LogP contribution >= 0.6 is 0 Å². The quantitative estimate of drug-likeness (QED) is 0.832. The van der Waals surface area contributed by atoms with E-state index in [4.69, 9.17) is 4.42 Å². The Morgan fingerprint density at radius 3 is 2.42 bits per heavy atom. The first-order valence-corrected chi connectivity index (χ1v) is 7.28. The molecule has 1 aromatic heterocycles. The molecule has 2 aromatic rings. The van der Waals surface area contributed by atoms with Crippen LogP contribution in [0.3, 0.4) is 0 Å². The average Bonchev–Trinajstić information content (AvgIpc) is 2.73. The molecule has 1 N–H and O–H groups in total. The molecule has 2 unspecified atom stereocenters. The Balaban J connectivity index is 2.26. The monoisotopic (exact) mass is 259 g/mol. The van der Waals surface area contributed by atoms with Gasteiger partial charge in [-0.05, 0) is 37.8 Å². The highest BCUT2D eigenvalue weighted by Gasteiger charge is 2.20. The van der Waals surface area contributed by atoms with E-state index in [1.807, 2.05) is 12.1 Å². The van der Waals surface area contributed by atoms with Gasteiger partial charge >= 0.3 is 0 Å². The van der Waals surface area contributed by atoms with Gasteiger partial charge < -0.3 is 9.73 Å². The molecule has 1 heterocycles. The molecule has 0 fully saturated rings. The topological polar surface area (TPSA) is 25.2 Å². The van der Waals surface area contributed by atoms with Crippen molar-refractivity contribution in [3.05, 3.63) is 35.6 Å². The summed E-state index contributed by atoms with van der Waals surface area (Å²) in [6.07, 6.45) is 1.14.